The Morgan fingerprint density at radius 3 is 2.91 bits per heavy atom. The lowest BCUT2D eigenvalue weighted by molar-refractivity contribution is -0.116. The Morgan fingerprint density at radius 1 is 1.41 bits per heavy atom. The Labute approximate surface area is 133 Å². The Balaban J connectivity index is 1.78. The molecule has 0 aliphatic heterocycles. The quantitative estimate of drug-likeness (QED) is 0.888. The monoisotopic (exact) mass is 322 g/mol. The summed E-state index contributed by atoms with van der Waals surface area (Å²) in [5.74, 6) is -0.669. The number of amides is 1. The van der Waals surface area contributed by atoms with Crippen molar-refractivity contribution in [3.8, 4) is 0 Å². The molecule has 0 aliphatic rings. The van der Waals surface area contributed by atoms with Crippen molar-refractivity contribution in [2.75, 3.05) is 18.9 Å². The Morgan fingerprint density at radius 2 is 2.23 bits per heavy atom. The molecule has 22 heavy (non-hydrogen) atoms. The van der Waals surface area contributed by atoms with Gasteiger partial charge in [0.05, 0.1) is 10.7 Å². The SMILES string of the molecule is CN(CCC(=O)Nc1ccc(F)c(Cl)c1)Cc1cnccn1. The topological polar surface area (TPSA) is 58.1 Å². The maximum Gasteiger partial charge on any atom is 0.225 e. The minimum absolute atomic E-state index is 0.0161. The second-order valence-corrected chi connectivity index (χ2v) is 5.27. The van der Waals surface area contributed by atoms with E-state index in [1.807, 2.05) is 11.9 Å². The van der Waals surface area contributed by atoms with Crippen LogP contribution in [0.3, 0.4) is 0 Å². The predicted octanol–water partition coefficient (Wildman–Crippen LogP) is 2.73. The van der Waals surface area contributed by atoms with Crippen LogP contribution >= 0.6 is 11.6 Å². The van der Waals surface area contributed by atoms with Crippen molar-refractivity contribution in [2.45, 2.75) is 13.0 Å². The molecule has 2 aromatic rings. The zero-order valence-corrected chi connectivity index (χ0v) is 12.8. The van der Waals surface area contributed by atoms with Gasteiger partial charge in [-0.15, -0.1) is 0 Å². The number of benzene rings is 1. The number of carbonyl (C=O) groups excluding carboxylic acids is 1. The molecule has 1 heterocycles. The molecule has 0 saturated carbocycles. The lowest BCUT2D eigenvalue weighted by Gasteiger charge is -2.15. The molecule has 0 atom stereocenters. The van der Waals surface area contributed by atoms with Gasteiger partial charge >= 0.3 is 0 Å². The first-order valence-corrected chi connectivity index (χ1v) is 7.11. The van der Waals surface area contributed by atoms with Crippen molar-refractivity contribution < 1.29 is 9.18 Å². The number of hydrogen-bond acceptors (Lipinski definition) is 4. The van der Waals surface area contributed by atoms with Gasteiger partial charge in [0.25, 0.3) is 0 Å². The molecule has 1 amide bonds. The Bertz CT molecular complexity index is 639. The summed E-state index contributed by atoms with van der Waals surface area (Å²) in [7, 11) is 1.90. The smallest absolute Gasteiger partial charge is 0.225 e. The van der Waals surface area contributed by atoms with Crippen LogP contribution in [-0.2, 0) is 11.3 Å². The number of anilines is 1. The van der Waals surface area contributed by atoms with Gasteiger partial charge in [-0.1, -0.05) is 11.6 Å². The van der Waals surface area contributed by atoms with Crippen molar-refractivity contribution in [2.24, 2.45) is 0 Å². The normalized spacial score (nSPS) is 10.7. The van der Waals surface area contributed by atoms with E-state index < -0.39 is 5.82 Å². The molecule has 1 N–H and O–H groups in total. The molecular weight excluding hydrogens is 307 g/mol. The molecule has 0 fully saturated rings. The van der Waals surface area contributed by atoms with Gasteiger partial charge in [0.1, 0.15) is 5.82 Å². The van der Waals surface area contributed by atoms with E-state index in [4.69, 9.17) is 11.6 Å². The summed E-state index contributed by atoms with van der Waals surface area (Å²) < 4.78 is 13.0. The fourth-order valence-electron chi connectivity index (χ4n) is 1.86. The van der Waals surface area contributed by atoms with E-state index in [9.17, 15) is 9.18 Å². The summed E-state index contributed by atoms with van der Waals surface area (Å²) in [5.41, 5.74) is 1.32. The van der Waals surface area contributed by atoms with Crippen LogP contribution in [0.1, 0.15) is 12.1 Å². The average Bonchev–Trinajstić information content (AvgIpc) is 2.50. The Kier molecular flexibility index (Phi) is 5.80. The molecule has 0 spiro atoms. The second-order valence-electron chi connectivity index (χ2n) is 4.86. The summed E-state index contributed by atoms with van der Waals surface area (Å²) in [5, 5.41) is 2.67. The van der Waals surface area contributed by atoms with Crippen LogP contribution in [0, 0.1) is 5.82 Å². The third-order valence-corrected chi connectivity index (χ3v) is 3.26. The number of aromatic nitrogens is 2. The number of nitrogens with zero attached hydrogens (tertiary/aromatic N) is 3. The number of rotatable bonds is 6. The number of nitrogens with one attached hydrogen (secondary N) is 1. The fraction of sp³-hybridized carbons (Fsp3) is 0.267. The number of halogens is 2. The maximum absolute atomic E-state index is 13.0. The average molecular weight is 323 g/mol. The van der Waals surface area contributed by atoms with Crippen molar-refractivity contribution in [3.05, 3.63) is 53.3 Å². The van der Waals surface area contributed by atoms with Crippen molar-refractivity contribution in [3.63, 3.8) is 0 Å². The molecular formula is C15H16ClFN4O. The fourth-order valence-corrected chi connectivity index (χ4v) is 2.04. The van der Waals surface area contributed by atoms with Gasteiger partial charge in [0.2, 0.25) is 5.91 Å². The first kappa shape index (κ1) is 16.3. The molecule has 0 bridgehead atoms. The molecule has 0 radical (unpaired) electrons. The zero-order chi connectivity index (χ0) is 15.9. The van der Waals surface area contributed by atoms with E-state index in [0.717, 1.165) is 5.69 Å². The highest BCUT2D eigenvalue weighted by Crippen LogP contribution is 2.19. The van der Waals surface area contributed by atoms with Crippen molar-refractivity contribution in [1.82, 2.24) is 14.9 Å². The first-order chi connectivity index (χ1) is 10.5. The third-order valence-electron chi connectivity index (χ3n) is 2.97. The highest BCUT2D eigenvalue weighted by molar-refractivity contribution is 6.31. The van der Waals surface area contributed by atoms with E-state index in [2.05, 4.69) is 15.3 Å². The van der Waals surface area contributed by atoms with E-state index in [1.54, 1.807) is 18.6 Å². The van der Waals surface area contributed by atoms with Gasteiger partial charge in [0, 0.05) is 43.8 Å². The van der Waals surface area contributed by atoms with E-state index >= 15 is 0 Å². The van der Waals surface area contributed by atoms with E-state index in [-0.39, 0.29) is 10.9 Å². The maximum atomic E-state index is 13.0. The Hall–Kier alpha value is -2.05. The van der Waals surface area contributed by atoms with Gasteiger partial charge < -0.3 is 5.32 Å². The van der Waals surface area contributed by atoms with Crippen LogP contribution in [0.2, 0.25) is 5.02 Å². The summed E-state index contributed by atoms with van der Waals surface area (Å²) in [6, 6.07) is 4.08. The molecule has 5 nitrogen and oxygen atoms in total. The molecule has 1 aromatic carbocycles. The molecule has 0 saturated heterocycles. The van der Waals surface area contributed by atoms with Gasteiger partial charge in [-0.25, -0.2) is 4.39 Å². The lowest BCUT2D eigenvalue weighted by Crippen LogP contribution is -2.24. The van der Waals surface area contributed by atoms with Crippen LogP contribution in [0.25, 0.3) is 0 Å². The minimum Gasteiger partial charge on any atom is -0.326 e. The van der Waals surface area contributed by atoms with Gasteiger partial charge in [-0.05, 0) is 25.2 Å². The van der Waals surface area contributed by atoms with Crippen molar-refractivity contribution in [1.29, 1.82) is 0 Å². The summed E-state index contributed by atoms with van der Waals surface area (Å²) in [6.45, 7) is 1.18. The minimum atomic E-state index is -0.511. The molecule has 2 rings (SSSR count). The second kappa shape index (κ2) is 7.82. The largest absolute Gasteiger partial charge is 0.326 e. The van der Waals surface area contributed by atoms with Crippen molar-refractivity contribution >= 4 is 23.2 Å². The summed E-state index contributed by atoms with van der Waals surface area (Å²) in [6.07, 6.45) is 5.25. The zero-order valence-electron chi connectivity index (χ0n) is 12.1. The van der Waals surface area contributed by atoms with Gasteiger partial charge in [0.15, 0.2) is 0 Å². The van der Waals surface area contributed by atoms with Crippen LogP contribution in [0.5, 0.6) is 0 Å². The molecule has 0 aliphatic carbocycles. The summed E-state index contributed by atoms with van der Waals surface area (Å²) >= 11 is 5.67. The standard InChI is InChI=1S/C15H16ClFN4O/c1-21(10-12-9-18-5-6-19-12)7-4-15(22)20-11-2-3-14(17)13(16)8-11/h2-3,5-6,8-9H,4,7,10H2,1H3,(H,20,22). The molecule has 0 unspecified atom stereocenters. The summed E-state index contributed by atoms with van der Waals surface area (Å²) in [4.78, 5) is 22.0. The number of carbonyl (C=O) groups is 1. The number of hydrogen-bond donors (Lipinski definition) is 1. The van der Waals surface area contributed by atoms with Crippen LogP contribution in [0.15, 0.2) is 36.8 Å². The first-order valence-electron chi connectivity index (χ1n) is 6.73. The van der Waals surface area contributed by atoms with Crippen LogP contribution < -0.4 is 5.32 Å². The van der Waals surface area contributed by atoms with E-state index in [0.29, 0.717) is 25.2 Å². The van der Waals surface area contributed by atoms with Crippen LogP contribution in [-0.4, -0.2) is 34.4 Å². The highest BCUT2D eigenvalue weighted by Gasteiger charge is 2.08. The predicted molar refractivity (Wildman–Crippen MR) is 83.0 cm³/mol. The van der Waals surface area contributed by atoms with Gasteiger partial charge in [-0.2, -0.15) is 0 Å². The molecule has 7 heteroatoms. The lowest BCUT2D eigenvalue weighted by atomic mass is 10.3. The van der Waals surface area contributed by atoms with Crippen LogP contribution in [0.4, 0.5) is 10.1 Å². The molecule has 1 aromatic heterocycles. The molecule has 116 valence electrons. The van der Waals surface area contributed by atoms with E-state index in [1.165, 1.54) is 18.2 Å². The third kappa shape index (κ3) is 5.05. The van der Waals surface area contributed by atoms with Gasteiger partial charge in [-0.3, -0.25) is 19.7 Å². The highest BCUT2D eigenvalue weighted by atomic mass is 35.5.